The summed E-state index contributed by atoms with van der Waals surface area (Å²) in [5.41, 5.74) is 0.0301. The molecule has 2 aromatic heterocycles. The summed E-state index contributed by atoms with van der Waals surface area (Å²) in [5.74, 6) is 5.29. The second-order valence-electron chi connectivity index (χ2n) is 6.69. The molecule has 158 valence electrons. The van der Waals surface area contributed by atoms with Gasteiger partial charge in [-0.1, -0.05) is 18.7 Å². The number of nitrogens with two attached hydrogens (primary N) is 1. The third kappa shape index (κ3) is 4.41. The molecule has 1 fully saturated rings. The van der Waals surface area contributed by atoms with Crippen LogP contribution in [0.5, 0.6) is 0 Å². The van der Waals surface area contributed by atoms with E-state index in [0.29, 0.717) is 28.2 Å². The zero-order chi connectivity index (χ0) is 21.1. The normalized spacial score (nSPS) is 17.4. The van der Waals surface area contributed by atoms with Crippen LogP contribution < -0.4 is 16.7 Å². The first-order valence-corrected chi connectivity index (χ1v) is 11.0. The number of aromatic nitrogens is 2. The molecule has 0 aromatic carbocycles. The van der Waals surface area contributed by atoms with Crippen LogP contribution in [0.2, 0.25) is 0 Å². The Balaban J connectivity index is 1.84. The van der Waals surface area contributed by atoms with E-state index in [9.17, 15) is 14.4 Å². The van der Waals surface area contributed by atoms with Crippen molar-refractivity contribution in [1.29, 1.82) is 0 Å². The molecule has 0 saturated carbocycles. The molecule has 29 heavy (non-hydrogen) atoms. The number of hydrogen-bond acceptors (Lipinski definition) is 9. The Kier molecular flexibility index (Phi) is 6.81. The molecule has 3 rings (SSSR count). The lowest BCUT2D eigenvalue weighted by atomic mass is 10.2. The van der Waals surface area contributed by atoms with E-state index in [1.807, 2.05) is 6.92 Å². The zero-order valence-electron chi connectivity index (χ0n) is 16.5. The number of fused-ring (bicyclic) bond motifs is 1. The number of nitrogens with zero attached hydrogens (tertiary/aromatic N) is 2. The van der Waals surface area contributed by atoms with Gasteiger partial charge < -0.3 is 20.6 Å². The lowest BCUT2D eigenvalue weighted by Crippen LogP contribution is -2.38. The fourth-order valence-corrected chi connectivity index (χ4v) is 5.23. The highest BCUT2D eigenvalue weighted by atomic mass is 32.2. The van der Waals surface area contributed by atoms with Gasteiger partial charge in [-0.2, -0.15) is 0 Å². The van der Waals surface area contributed by atoms with Crippen LogP contribution in [0.4, 0.5) is 0 Å². The third-order valence-corrected chi connectivity index (χ3v) is 7.27. The molecule has 1 aliphatic rings. The number of carbonyl (C=O) groups is 2. The molecule has 11 heteroatoms. The van der Waals surface area contributed by atoms with Crippen LogP contribution in [-0.2, 0) is 14.3 Å². The second-order valence-corrected chi connectivity index (χ2v) is 8.86. The van der Waals surface area contributed by atoms with Gasteiger partial charge in [-0.15, -0.1) is 11.3 Å². The SMILES string of the molecule is CC[C@@H](Sc1nc2sc(C(=O)OC)c(C)c2c(=O)n1N)C(=O)NC[C@@H]1CCCO1. The molecule has 9 nitrogen and oxygen atoms in total. The molecule has 0 aliphatic carbocycles. The first-order chi connectivity index (χ1) is 13.9. The smallest absolute Gasteiger partial charge is 0.348 e. The molecule has 0 unspecified atom stereocenters. The van der Waals surface area contributed by atoms with Crippen molar-refractivity contribution in [3.05, 3.63) is 20.8 Å². The monoisotopic (exact) mass is 440 g/mol. The minimum atomic E-state index is -0.525. The number of thioether (sulfide) groups is 1. The van der Waals surface area contributed by atoms with Crippen LogP contribution >= 0.6 is 23.1 Å². The number of aryl methyl sites for hydroxylation is 1. The number of rotatable bonds is 7. The van der Waals surface area contributed by atoms with Crippen molar-refractivity contribution in [2.24, 2.45) is 0 Å². The number of nitrogens with one attached hydrogen (secondary N) is 1. The van der Waals surface area contributed by atoms with Gasteiger partial charge in [0.15, 0.2) is 5.16 Å². The summed E-state index contributed by atoms with van der Waals surface area (Å²) in [6.07, 6.45) is 2.52. The van der Waals surface area contributed by atoms with E-state index in [1.54, 1.807) is 6.92 Å². The highest BCUT2D eigenvalue weighted by Gasteiger charge is 2.25. The van der Waals surface area contributed by atoms with Gasteiger partial charge in [0, 0.05) is 13.2 Å². The number of carbonyl (C=O) groups excluding carboxylic acids is 2. The largest absolute Gasteiger partial charge is 0.465 e. The Morgan fingerprint density at radius 2 is 2.28 bits per heavy atom. The third-order valence-electron chi connectivity index (χ3n) is 4.77. The van der Waals surface area contributed by atoms with E-state index in [4.69, 9.17) is 15.3 Å². The van der Waals surface area contributed by atoms with Gasteiger partial charge in [-0.25, -0.2) is 14.5 Å². The molecular weight excluding hydrogens is 416 g/mol. The van der Waals surface area contributed by atoms with E-state index in [1.165, 1.54) is 7.11 Å². The Labute approximate surface area is 175 Å². The molecular formula is C18H24N4O5S2. The van der Waals surface area contributed by atoms with E-state index in [0.717, 1.165) is 47.2 Å². The predicted molar refractivity (Wildman–Crippen MR) is 112 cm³/mol. The van der Waals surface area contributed by atoms with Crippen LogP contribution in [0.15, 0.2) is 9.95 Å². The predicted octanol–water partition coefficient (Wildman–Crippen LogP) is 1.43. The van der Waals surface area contributed by atoms with Crippen LogP contribution in [0, 0.1) is 6.92 Å². The Bertz CT molecular complexity index is 981. The average Bonchev–Trinajstić information content (AvgIpc) is 3.35. The Hall–Kier alpha value is -2.11. The number of methoxy groups -OCH3 is 1. The molecule has 0 spiro atoms. The van der Waals surface area contributed by atoms with Crippen LogP contribution in [0.3, 0.4) is 0 Å². The number of esters is 1. The van der Waals surface area contributed by atoms with Gasteiger partial charge in [0.25, 0.3) is 5.56 Å². The minimum Gasteiger partial charge on any atom is -0.465 e. The van der Waals surface area contributed by atoms with E-state index in [2.05, 4.69) is 10.3 Å². The highest BCUT2D eigenvalue weighted by Crippen LogP contribution is 2.30. The van der Waals surface area contributed by atoms with Gasteiger partial charge in [-0.05, 0) is 31.7 Å². The first kappa shape index (κ1) is 21.6. The van der Waals surface area contributed by atoms with Gasteiger partial charge in [-0.3, -0.25) is 9.59 Å². The number of hydrogen-bond donors (Lipinski definition) is 2. The number of amides is 1. The zero-order valence-corrected chi connectivity index (χ0v) is 18.2. The Morgan fingerprint density at radius 3 is 2.90 bits per heavy atom. The summed E-state index contributed by atoms with van der Waals surface area (Å²) in [7, 11) is 1.28. The lowest BCUT2D eigenvalue weighted by molar-refractivity contribution is -0.121. The van der Waals surface area contributed by atoms with E-state index in [-0.39, 0.29) is 22.6 Å². The quantitative estimate of drug-likeness (QED) is 0.287. The number of thiophene rings is 1. The Morgan fingerprint density at radius 1 is 1.52 bits per heavy atom. The van der Waals surface area contributed by atoms with Crippen LogP contribution in [0.25, 0.3) is 10.2 Å². The summed E-state index contributed by atoms with van der Waals surface area (Å²) in [6, 6.07) is 0. The van der Waals surface area contributed by atoms with Gasteiger partial charge in [0.1, 0.15) is 9.71 Å². The summed E-state index contributed by atoms with van der Waals surface area (Å²) in [4.78, 5) is 42.4. The molecule has 2 atom stereocenters. The van der Waals surface area contributed by atoms with E-state index < -0.39 is 16.8 Å². The van der Waals surface area contributed by atoms with Crippen molar-refractivity contribution < 1.29 is 19.1 Å². The van der Waals surface area contributed by atoms with Crippen LogP contribution in [0.1, 0.15) is 41.4 Å². The minimum absolute atomic E-state index is 0.0504. The molecule has 3 N–H and O–H groups in total. The van der Waals surface area contributed by atoms with E-state index >= 15 is 0 Å². The fourth-order valence-electron chi connectivity index (χ4n) is 3.13. The van der Waals surface area contributed by atoms with Crippen molar-refractivity contribution in [3.63, 3.8) is 0 Å². The average molecular weight is 441 g/mol. The summed E-state index contributed by atoms with van der Waals surface area (Å²) in [6.45, 7) is 4.73. The molecule has 1 aliphatic heterocycles. The summed E-state index contributed by atoms with van der Waals surface area (Å²) < 4.78 is 11.2. The van der Waals surface area contributed by atoms with Gasteiger partial charge in [0.05, 0.1) is 23.8 Å². The fraction of sp³-hybridized carbons (Fsp3) is 0.556. The molecule has 2 aromatic rings. The maximum absolute atomic E-state index is 12.8. The molecule has 1 amide bonds. The van der Waals surface area contributed by atoms with Gasteiger partial charge in [0.2, 0.25) is 5.91 Å². The highest BCUT2D eigenvalue weighted by molar-refractivity contribution is 8.00. The maximum Gasteiger partial charge on any atom is 0.348 e. The summed E-state index contributed by atoms with van der Waals surface area (Å²) in [5, 5.41) is 2.95. The van der Waals surface area contributed by atoms with Crippen molar-refractivity contribution in [3.8, 4) is 0 Å². The number of nitrogen functional groups attached to an aromatic ring is 1. The molecule has 0 bridgehead atoms. The molecule has 0 radical (unpaired) electrons. The van der Waals surface area contributed by atoms with Crippen molar-refractivity contribution in [2.75, 3.05) is 26.1 Å². The lowest BCUT2D eigenvalue weighted by Gasteiger charge is -2.17. The van der Waals surface area contributed by atoms with Crippen molar-refractivity contribution >= 4 is 45.2 Å². The summed E-state index contributed by atoms with van der Waals surface area (Å²) >= 11 is 2.21. The standard InChI is InChI=1S/C18H24N4O5S2/c1-4-11(14(23)20-8-10-6-5-7-27-10)28-18-21-15-12(16(24)22(18)19)9(2)13(29-15)17(25)26-3/h10-11H,4-8,19H2,1-3H3,(H,20,23)/t10-,11+/m0/s1. The van der Waals surface area contributed by atoms with Crippen molar-refractivity contribution in [2.45, 2.75) is 49.6 Å². The second kappa shape index (κ2) is 9.14. The van der Waals surface area contributed by atoms with Crippen LogP contribution in [-0.4, -0.2) is 53.2 Å². The number of ether oxygens (including phenoxy) is 2. The molecule has 3 heterocycles. The molecule has 1 saturated heterocycles. The first-order valence-electron chi connectivity index (χ1n) is 9.32. The topological polar surface area (TPSA) is 126 Å². The van der Waals surface area contributed by atoms with Crippen molar-refractivity contribution in [1.82, 2.24) is 15.0 Å². The van der Waals surface area contributed by atoms with Gasteiger partial charge >= 0.3 is 5.97 Å². The maximum atomic E-state index is 12.8.